The molecule has 3 rings (SSSR count). The average Bonchev–Trinajstić information content (AvgIpc) is 3.10. The first kappa shape index (κ1) is 25.5. The molecule has 1 aromatic carbocycles. The number of sulfonamides is 1. The molecule has 0 radical (unpaired) electrons. The van der Waals surface area contributed by atoms with Gasteiger partial charge < -0.3 is 4.74 Å². The highest BCUT2D eigenvalue weighted by atomic mass is 35.5. The van der Waals surface area contributed by atoms with Gasteiger partial charge in [0.1, 0.15) is 5.75 Å². The Balaban J connectivity index is 1.80. The van der Waals surface area contributed by atoms with Crippen LogP contribution in [-0.4, -0.2) is 63.0 Å². The van der Waals surface area contributed by atoms with Crippen molar-refractivity contribution in [1.82, 2.24) is 14.5 Å². The lowest BCUT2D eigenvalue weighted by Crippen LogP contribution is -2.48. The number of alkyl halides is 3. The van der Waals surface area contributed by atoms with Crippen molar-refractivity contribution in [3.8, 4) is 5.75 Å². The molecular weight excluding hydrogens is 485 g/mol. The zero-order valence-corrected chi connectivity index (χ0v) is 19.9. The number of halogens is 4. The van der Waals surface area contributed by atoms with Crippen LogP contribution in [-0.2, 0) is 21.0 Å². The van der Waals surface area contributed by atoms with Gasteiger partial charge in [0.05, 0.1) is 42.6 Å². The molecule has 0 unspecified atom stereocenters. The van der Waals surface area contributed by atoms with E-state index in [1.807, 2.05) is 24.3 Å². The molecule has 0 amide bonds. The number of ether oxygens (including phenoxy) is 1. The van der Waals surface area contributed by atoms with Gasteiger partial charge in [0.25, 0.3) is 0 Å². The van der Waals surface area contributed by atoms with E-state index >= 15 is 0 Å². The highest BCUT2D eigenvalue weighted by molar-refractivity contribution is 7.88. The van der Waals surface area contributed by atoms with Gasteiger partial charge in [0.15, 0.2) is 5.82 Å². The van der Waals surface area contributed by atoms with Gasteiger partial charge in [-0.2, -0.15) is 18.2 Å². The van der Waals surface area contributed by atoms with E-state index < -0.39 is 27.9 Å². The van der Waals surface area contributed by atoms with Gasteiger partial charge >= 0.3 is 6.18 Å². The second-order valence-electron chi connectivity index (χ2n) is 7.62. The first-order valence-electron chi connectivity index (χ1n) is 9.79. The van der Waals surface area contributed by atoms with Crippen molar-refractivity contribution >= 4 is 27.4 Å². The minimum absolute atomic E-state index is 0.0919. The summed E-state index contributed by atoms with van der Waals surface area (Å²) in [6.45, 7) is -0.0919. The summed E-state index contributed by atoms with van der Waals surface area (Å²) >= 11 is 6.02. The molecule has 182 valence electrons. The second kappa shape index (κ2) is 9.63. The summed E-state index contributed by atoms with van der Waals surface area (Å²) in [6.07, 6.45) is -3.06. The highest BCUT2D eigenvalue weighted by Crippen LogP contribution is 2.36. The van der Waals surface area contributed by atoms with Crippen LogP contribution < -0.4 is 9.75 Å². The fourth-order valence-electron chi connectivity index (χ4n) is 3.61. The van der Waals surface area contributed by atoms with Gasteiger partial charge in [0.2, 0.25) is 10.0 Å². The summed E-state index contributed by atoms with van der Waals surface area (Å²) in [5.74, 6) is 0.579. The van der Waals surface area contributed by atoms with E-state index in [0.29, 0.717) is 24.4 Å². The Bertz CT molecular complexity index is 1090. The zero-order valence-electron chi connectivity index (χ0n) is 18.4. The normalized spacial score (nSPS) is 19.8. The van der Waals surface area contributed by atoms with Crippen LogP contribution in [0.4, 0.5) is 19.0 Å². The number of hydrogen-bond acceptors (Lipinski definition) is 7. The molecule has 0 spiro atoms. The molecule has 0 saturated carbocycles. The number of aromatic nitrogens is 1. The molecule has 1 aliphatic rings. The number of hydrogen-bond donors (Lipinski definition) is 0. The number of methoxy groups -OCH3 is 1. The van der Waals surface area contributed by atoms with E-state index in [2.05, 4.69) is 4.98 Å². The quantitative estimate of drug-likeness (QED) is 0.527. The van der Waals surface area contributed by atoms with Crippen LogP contribution in [0.5, 0.6) is 5.75 Å². The third kappa shape index (κ3) is 5.87. The summed E-state index contributed by atoms with van der Waals surface area (Å²) < 4.78 is 70.0. The van der Waals surface area contributed by atoms with E-state index in [1.165, 1.54) is 7.05 Å². The smallest absolute Gasteiger partial charge is 0.417 e. The molecule has 1 aromatic heterocycles. The molecule has 8 nitrogen and oxygen atoms in total. The van der Waals surface area contributed by atoms with E-state index in [1.54, 1.807) is 19.2 Å². The van der Waals surface area contributed by atoms with Crippen molar-refractivity contribution in [2.75, 3.05) is 39.0 Å². The SMILES string of the molecule is COc1ccc([C@H]2C[C@@H](CN(N(C)c3ncc(C(F)(F)F)cc3Cl)S(C)(=O)=O)ON2C)cc1. The van der Waals surface area contributed by atoms with Crippen molar-refractivity contribution < 1.29 is 31.2 Å². The van der Waals surface area contributed by atoms with Gasteiger partial charge in [-0.1, -0.05) is 23.7 Å². The van der Waals surface area contributed by atoms with Crippen LogP contribution in [0.15, 0.2) is 36.5 Å². The Morgan fingerprint density at radius 1 is 1.30 bits per heavy atom. The van der Waals surface area contributed by atoms with Crippen molar-refractivity contribution in [2.45, 2.75) is 24.7 Å². The molecular formula is C20H24ClF3N4O4S. The molecule has 1 saturated heterocycles. The third-order valence-corrected chi connectivity index (χ3v) is 6.71. The zero-order chi connectivity index (χ0) is 24.6. The van der Waals surface area contributed by atoms with Crippen LogP contribution in [0, 0.1) is 0 Å². The van der Waals surface area contributed by atoms with Gasteiger partial charge in [-0.05, 0) is 30.2 Å². The predicted molar refractivity (Wildman–Crippen MR) is 117 cm³/mol. The Kier molecular flexibility index (Phi) is 7.44. The molecule has 13 heteroatoms. The van der Waals surface area contributed by atoms with Crippen LogP contribution >= 0.6 is 11.6 Å². The van der Waals surface area contributed by atoms with Gasteiger partial charge in [0, 0.05) is 20.3 Å². The fraction of sp³-hybridized carbons (Fsp3) is 0.450. The summed E-state index contributed by atoms with van der Waals surface area (Å²) in [7, 11) is 0.844. The summed E-state index contributed by atoms with van der Waals surface area (Å²) in [6, 6.07) is 8.04. The maximum Gasteiger partial charge on any atom is 0.417 e. The lowest BCUT2D eigenvalue weighted by molar-refractivity contribution is -0.146. The van der Waals surface area contributed by atoms with Crippen LogP contribution in [0.3, 0.4) is 0 Å². The van der Waals surface area contributed by atoms with Gasteiger partial charge in [-0.15, -0.1) is 4.41 Å². The molecule has 2 heterocycles. The Hall–Kier alpha value is -2.12. The Labute approximate surface area is 195 Å². The Morgan fingerprint density at radius 3 is 2.45 bits per heavy atom. The summed E-state index contributed by atoms with van der Waals surface area (Å²) in [4.78, 5) is 9.61. The van der Waals surface area contributed by atoms with Gasteiger partial charge in [-0.3, -0.25) is 9.85 Å². The van der Waals surface area contributed by atoms with Crippen molar-refractivity contribution in [1.29, 1.82) is 0 Å². The van der Waals surface area contributed by atoms with E-state index in [9.17, 15) is 21.6 Å². The predicted octanol–water partition coefficient (Wildman–Crippen LogP) is 3.75. The van der Waals surface area contributed by atoms with E-state index in [-0.39, 0.29) is 23.4 Å². The topological polar surface area (TPSA) is 75.2 Å². The van der Waals surface area contributed by atoms with Crippen LogP contribution in [0.25, 0.3) is 0 Å². The van der Waals surface area contributed by atoms with Crippen molar-refractivity contribution in [3.63, 3.8) is 0 Å². The number of anilines is 1. The molecule has 1 aliphatic heterocycles. The van der Waals surface area contributed by atoms with Crippen molar-refractivity contribution in [3.05, 3.63) is 52.7 Å². The molecule has 2 aromatic rings. The first-order chi connectivity index (χ1) is 15.3. The number of benzene rings is 1. The second-order valence-corrected chi connectivity index (χ2v) is 9.91. The highest BCUT2D eigenvalue weighted by Gasteiger charge is 2.37. The lowest BCUT2D eigenvalue weighted by atomic mass is 10.0. The molecule has 33 heavy (non-hydrogen) atoms. The first-order valence-corrected chi connectivity index (χ1v) is 12.0. The third-order valence-electron chi connectivity index (χ3n) is 5.27. The maximum absolute atomic E-state index is 12.9. The van der Waals surface area contributed by atoms with Crippen molar-refractivity contribution in [2.24, 2.45) is 0 Å². The number of pyridine rings is 1. The van der Waals surface area contributed by atoms with Gasteiger partial charge in [-0.25, -0.2) is 13.4 Å². The van der Waals surface area contributed by atoms with Crippen LogP contribution in [0.1, 0.15) is 23.6 Å². The van der Waals surface area contributed by atoms with E-state index in [0.717, 1.165) is 21.2 Å². The number of rotatable bonds is 7. The number of nitrogens with zero attached hydrogens (tertiary/aromatic N) is 4. The number of hydroxylamine groups is 2. The fourth-order valence-corrected chi connectivity index (χ4v) is 4.86. The maximum atomic E-state index is 12.9. The minimum Gasteiger partial charge on any atom is -0.497 e. The standard InChI is InChI=1S/C20H24ClF3N4O4S/c1-26(19-17(21)9-14(11-25-19)20(22,23)24)28(33(4,29)30)12-16-10-18(27(2)32-16)13-5-7-15(31-3)8-6-13/h5-9,11,16,18H,10,12H2,1-4H3/t16-,18+/m0/s1. The van der Waals surface area contributed by atoms with Crippen LogP contribution in [0.2, 0.25) is 5.02 Å². The largest absolute Gasteiger partial charge is 0.497 e. The monoisotopic (exact) mass is 508 g/mol. The lowest BCUT2D eigenvalue weighted by Gasteiger charge is -2.32. The average molecular weight is 509 g/mol. The summed E-state index contributed by atoms with van der Waals surface area (Å²) in [5, 5.41) is 2.43. The molecule has 0 N–H and O–H groups in total. The summed E-state index contributed by atoms with van der Waals surface area (Å²) in [5.41, 5.74) is -0.0637. The van der Waals surface area contributed by atoms with E-state index in [4.69, 9.17) is 21.2 Å². The number of hydrazine groups is 1. The molecule has 1 fully saturated rings. The molecule has 2 atom stereocenters. The molecule has 0 aliphatic carbocycles. The Morgan fingerprint density at radius 2 is 1.94 bits per heavy atom. The minimum atomic E-state index is -4.62. The molecule has 0 bridgehead atoms.